The molecule has 1 amide bonds. The lowest BCUT2D eigenvalue weighted by Gasteiger charge is -2.07. The van der Waals surface area contributed by atoms with Crippen LogP contribution in [0.1, 0.15) is 0 Å². The summed E-state index contributed by atoms with van der Waals surface area (Å²) in [6.07, 6.45) is 0. The summed E-state index contributed by atoms with van der Waals surface area (Å²) in [5, 5.41) is 2.88. The lowest BCUT2D eigenvalue weighted by Crippen LogP contribution is -2.26. The van der Waals surface area contributed by atoms with Gasteiger partial charge in [-0.1, -0.05) is 11.6 Å². The van der Waals surface area contributed by atoms with Crippen molar-refractivity contribution >= 4 is 40.8 Å². The van der Waals surface area contributed by atoms with Crippen molar-refractivity contribution in [3.8, 4) is 0 Å². The molecular weight excluding hydrogens is 284 g/mol. The van der Waals surface area contributed by atoms with E-state index in [4.69, 9.17) is 33.5 Å². The largest absolute Gasteiger partial charge is 0.375 e. The highest BCUT2D eigenvalue weighted by Gasteiger charge is 2.06. The summed E-state index contributed by atoms with van der Waals surface area (Å²) in [5.74, 6) is -0.608. The van der Waals surface area contributed by atoms with Gasteiger partial charge in [0.25, 0.3) is 0 Å². The number of methoxy groups -OCH3 is 1. The molecule has 8 nitrogen and oxygen atoms in total. The second-order valence-electron chi connectivity index (χ2n) is 3.65. The van der Waals surface area contributed by atoms with E-state index in [9.17, 15) is 4.79 Å². The molecule has 0 aliphatic heterocycles. The van der Waals surface area contributed by atoms with Crippen molar-refractivity contribution in [1.29, 1.82) is 0 Å². The molecular formula is C11H15ClN6O2. The molecule has 1 aromatic carbocycles. The summed E-state index contributed by atoms with van der Waals surface area (Å²) >= 11 is 6.01. The highest BCUT2D eigenvalue weighted by molar-refractivity contribution is 6.34. The number of halogens is 1. The first-order valence-electron chi connectivity index (χ1n) is 5.44. The summed E-state index contributed by atoms with van der Waals surface area (Å²) in [4.78, 5) is 18.9. The van der Waals surface area contributed by atoms with Gasteiger partial charge in [0.2, 0.25) is 11.9 Å². The predicted molar refractivity (Wildman–Crippen MR) is 79.0 cm³/mol. The number of carbonyl (C=O) groups is 1. The number of nitrogens with two attached hydrogens (primary N) is 3. The number of anilines is 1. The van der Waals surface area contributed by atoms with Crippen molar-refractivity contribution in [2.75, 3.05) is 19.0 Å². The number of guanidine groups is 2. The van der Waals surface area contributed by atoms with Crippen LogP contribution in [-0.4, -0.2) is 31.5 Å². The minimum atomic E-state index is -0.314. The van der Waals surface area contributed by atoms with Gasteiger partial charge in [0.05, 0.1) is 16.4 Å². The second-order valence-corrected chi connectivity index (χ2v) is 4.06. The van der Waals surface area contributed by atoms with E-state index < -0.39 is 0 Å². The van der Waals surface area contributed by atoms with E-state index in [2.05, 4.69) is 15.3 Å². The van der Waals surface area contributed by atoms with Crippen molar-refractivity contribution in [2.24, 2.45) is 27.2 Å². The fraction of sp³-hybridized carbons (Fsp3) is 0.182. The van der Waals surface area contributed by atoms with Crippen LogP contribution in [0.25, 0.3) is 0 Å². The number of amides is 1. The molecule has 0 radical (unpaired) electrons. The number of hydrogen-bond donors (Lipinski definition) is 4. The van der Waals surface area contributed by atoms with Gasteiger partial charge in [-0.2, -0.15) is 4.99 Å². The number of nitrogens with one attached hydrogen (secondary N) is 1. The summed E-state index contributed by atoms with van der Waals surface area (Å²) in [7, 11) is 1.42. The van der Waals surface area contributed by atoms with E-state index in [0.717, 1.165) is 0 Å². The maximum atomic E-state index is 11.4. The molecule has 0 fully saturated rings. The third-order valence-corrected chi connectivity index (χ3v) is 2.30. The van der Waals surface area contributed by atoms with Gasteiger partial charge in [-0.25, -0.2) is 4.99 Å². The van der Waals surface area contributed by atoms with Gasteiger partial charge in [0.1, 0.15) is 6.61 Å². The molecule has 0 heterocycles. The van der Waals surface area contributed by atoms with Crippen LogP contribution in [0.4, 0.5) is 11.4 Å². The molecule has 0 atom stereocenters. The van der Waals surface area contributed by atoms with Crippen LogP contribution in [-0.2, 0) is 9.53 Å². The first kappa shape index (κ1) is 15.7. The monoisotopic (exact) mass is 298 g/mol. The summed E-state index contributed by atoms with van der Waals surface area (Å²) in [6, 6.07) is 4.69. The lowest BCUT2D eigenvalue weighted by atomic mass is 10.3. The van der Waals surface area contributed by atoms with Crippen LogP contribution in [0.5, 0.6) is 0 Å². The van der Waals surface area contributed by atoms with Gasteiger partial charge in [0, 0.05) is 7.11 Å². The average molecular weight is 299 g/mol. The van der Waals surface area contributed by atoms with E-state index in [1.165, 1.54) is 13.2 Å². The number of rotatable bonds is 4. The molecule has 0 saturated heterocycles. The summed E-state index contributed by atoms with van der Waals surface area (Å²) in [6.45, 7) is -0.0618. The highest BCUT2D eigenvalue weighted by Crippen LogP contribution is 2.27. The van der Waals surface area contributed by atoms with Crippen molar-refractivity contribution < 1.29 is 9.53 Å². The molecule has 108 valence electrons. The van der Waals surface area contributed by atoms with Crippen LogP contribution in [0.15, 0.2) is 28.2 Å². The first-order chi connectivity index (χ1) is 9.42. The lowest BCUT2D eigenvalue weighted by molar-refractivity contribution is -0.119. The Hall–Kier alpha value is -2.32. The van der Waals surface area contributed by atoms with Crippen molar-refractivity contribution in [1.82, 2.24) is 0 Å². The normalized spacial score (nSPS) is 11.0. The molecule has 0 aliphatic carbocycles. The second kappa shape index (κ2) is 7.31. The Kier molecular flexibility index (Phi) is 5.75. The Morgan fingerprint density at radius 1 is 1.40 bits per heavy atom. The van der Waals surface area contributed by atoms with E-state index in [1.807, 2.05) is 0 Å². The van der Waals surface area contributed by atoms with Gasteiger partial charge < -0.3 is 27.3 Å². The Morgan fingerprint density at radius 2 is 2.10 bits per heavy atom. The predicted octanol–water partition coefficient (Wildman–Crippen LogP) is 0.145. The third kappa shape index (κ3) is 5.12. The number of carbonyl (C=O) groups excluding carboxylic acids is 1. The van der Waals surface area contributed by atoms with E-state index in [-0.39, 0.29) is 24.4 Å². The van der Waals surface area contributed by atoms with Crippen LogP contribution in [0, 0.1) is 0 Å². The maximum absolute atomic E-state index is 11.4. The quantitative estimate of drug-likeness (QED) is 0.462. The minimum Gasteiger partial charge on any atom is -0.375 e. The van der Waals surface area contributed by atoms with Gasteiger partial charge >= 0.3 is 0 Å². The molecule has 0 unspecified atom stereocenters. The molecule has 1 aromatic rings. The third-order valence-electron chi connectivity index (χ3n) is 1.99. The molecule has 0 aromatic heterocycles. The SMILES string of the molecule is COCC(=O)Nc1ccc(N=C(N)N=C(N)N)cc1Cl. The highest BCUT2D eigenvalue weighted by atomic mass is 35.5. The molecule has 20 heavy (non-hydrogen) atoms. The summed E-state index contributed by atoms with van der Waals surface area (Å²) in [5.41, 5.74) is 16.7. The molecule has 0 saturated carbocycles. The number of aliphatic imine (C=N–C) groups is 2. The average Bonchev–Trinajstić information content (AvgIpc) is 2.32. The zero-order valence-corrected chi connectivity index (χ0v) is 11.5. The van der Waals surface area contributed by atoms with Gasteiger partial charge in [0.15, 0.2) is 5.96 Å². The van der Waals surface area contributed by atoms with Crippen LogP contribution >= 0.6 is 11.6 Å². The molecule has 7 N–H and O–H groups in total. The standard InChI is InChI=1S/C11H15ClN6O2/c1-20-5-9(19)17-8-3-2-6(4-7(8)12)16-11(15)18-10(13)14/h2-4H,5H2,1H3,(H,17,19)(H6,13,14,15,16,18). The summed E-state index contributed by atoms with van der Waals surface area (Å²) < 4.78 is 4.70. The van der Waals surface area contributed by atoms with Crippen molar-refractivity contribution in [2.45, 2.75) is 0 Å². The van der Waals surface area contributed by atoms with E-state index in [0.29, 0.717) is 16.4 Å². The molecule has 0 aliphatic rings. The minimum absolute atomic E-state index is 0.0618. The zero-order chi connectivity index (χ0) is 15.1. The Bertz CT molecular complexity index is 554. The fourth-order valence-electron chi connectivity index (χ4n) is 1.28. The van der Waals surface area contributed by atoms with Crippen LogP contribution < -0.4 is 22.5 Å². The first-order valence-corrected chi connectivity index (χ1v) is 5.82. The number of benzene rings is 1. The van der Waals surface area contributed by atoms with Gasteiger partial charge in [-0.3, -0.25) is 4.79 Å². The number of hydrogen-bond acceptors (Lipinski definition) is 3. The van der Waals surface area contributed by atoms with E-state index in [1.54, 1.807) is 12.1 Å². The zero-order valence-electron chi connectivity index (χ0n) is 10.8. The Balaban J connectivity index is 2.88. The van der Waals surface area contributed by atoms with Crippen LogP contribution in [0.3, 0.4) is 0 Å². The maximum Gasteiger partial charge on any atom is 0.250 e. The van der Waals surface area contributed by atoms with E-state index >= 15 is 0 Å². The number of ether oxygens (including phenoxy) is 1. The van der Waals surface area contributed by atoms with Crippen LogP contribution in [0.2, 0.25) is 5.02 Å². The number of nitrogens with zero attached hydrogens (tertiary/aromatic N) is 2. The molecule has 1 rings (SSSR count). The Morgan fingerprint density at radius 3 is 2.65 bits per heavy atom. The molecule has 0 bridgehead atoms. The smallest absolute Gasteiger partial charge is 0.250 e. The topological polar surface area (TPSA) is 141 Å². The van der Waals surface area contributed by atoms with Crippen molar-refractivity contribution in [3.63, 3.8) is 0 Å². The van der Waals surface area contributed by atoms with Crippen molar-refractivity contribution in [3.05, 3.63) is 23.2 Å². The van der Waals surface area contributed by atoms with Gasteiger partial charge in [-0.15, -0.1) is 0 Å². The fourth-order valence-corrected chi connectivity index (χ4v) is 1.50. The molecule has 0 spiro atoms. The van der Waals surface area contributed by atoms with Gasteiger partial charge in [-0.05, 0) is 18.2 Å². The Labute approximate surface area is 120 Å². The molecule has 9 heteroatoms.